The van der Waals surface area contributed by atoms with Gasteiger partial charge in [0.2, 0.25) is 5.13 Å². The van der Waals surface area contributed by atoms with Gasteiger partial charge in [-0.05, 0) is 24.1 Å². The topological polar surface area (TPSA) is 37.8 Å². The van der Waals surface area contributed by atoms with E-state index in [-0.39, 0.29) is 0 Å². The van der Waals surface area contributed by atoms with Crippen LogP contribution in [0.3, 0.4) is 0 Å². The highest BCUT2D eigenvalue weighted by atomic mass is 35.5. The third-order valence-corrected chi connectivity index (χ3v) is 4.50. The van der Waals surface area contributed by atoms with Crippen LogP contribution in [0.2, 0.25) is 5.02 Å². The summed E-state index contributed by atoms with van der Waals surface area (Å²) in [7, 11) is 0. The minimum atomic E-state index is 0.774. The number of nitrogens with zero attached hydrogens (tertiary/aromatic N) is 2. The van der Waals surface area contributed by atoms with Crippen molar-refractivity contribution in [2.45, 2.75) is 23.4 Å². The van der Waals surface area contributed by atoms with Crippen LogP contribution in [0.1, 0.15) is 18.9 Å². The molecule has 1 aromatic carbocycles. The molecule has 0 spiro atoms. The average molecular weight is 300 g/mol. The second kappa shape index (κ2) is 6.97. The van der Waals surface area contributed by atoms with Crippen LogP contribution in [0, 0.1) is 0 Å². The molecule has 0 unspecified atom stereocenters. The zero-order valence-corrected chi connectivity index (χ0v) is 12.4. The van der Waals surface area contributed by atoms with Gasteiger partial charge in [-0.1, -0.05) is 53.8 Å². The molecule has 0 bridgehead atoms. The summed E-state index contributed by atoms with van der Waals surface area (Å²) in [5.41, 5.74) is 1.20. The van der Waals surface area contributed by atoms with Crippen molar-refractivity contribution in [2.75, 3.05) is 11.9 Å². The van der Waals surface area contributed by atoms with Crippen molar-refractivity contribution in [3.8, 4) is 0 Å². The average Bonchev–Trinajstić information content (AvgIpc) is 2.82. The molecule has 0 saturated carbocycles. The minimum Gasteiger partial charge on any atom is -0.360 e. The van der Waals surface area contributed by atoms with E-state index in [4.69, 9.17) is 11.6 Å². The van der Waals surface area contributed by atoms with E-state index in [0.29, 0.717) is 0 Å². The number of nitrogens with one attached hydrogen (secondary N) is 1. The van der Waals surface area contributed by atoms with Gasteiger partial charge in [0.15, 0.2) is 4.34 Å². The van der Waals surface area contributed by atoms with Crippen molar-refractivity contribution >= 4 is 39.8 Å². The first-order valence-corrected chi connectivity index (χ1v) is 7.90. The standard InChI is InChI=1S/C12H14ClN3S2/c1-2-6-14-11-15-16-12(18-11)17-8-9-4-3-5-10(13)7-9/h3-5,7H,2,6,8H2,1H3,(H,14,15). The van der Waals surface area contributed by atoms with Crippen LogP contribution in [0.25, 0.3) is 0 Å². The Morgan fingerprint density at radius 1 is 1.39 bits per heavy atom. The number of anilines is 1. The Morgan fingerprint density at radius 2 is 2.28 bits per heavy atom. The second-order valence-corrected chi connectivity index (χ2v) is 6.35. The number of halogens is 1. The van der Waals surface area contributed by atoms with Crippen molar-refractivity contribution in [1.29, 1.82) is 0 Å². The number of aromatic nitrogens is 2. The fourth-order valence-corrected chi connectivity index (χ4v) is 3.28. The normalized spacial score (nSPS) is 10.6. The Kier molecular flexibility index (Phi) is 5.28. The first-order chi connectivity index (χ1) is 8.78. The number of thioether (sulfide) groups is 1. The predicted molar refractivity (Wildman–Crippen MR) is 79.7 cm³/mol. The highest BCUT2D eigenvalue weighted by molar-refractivity contribution is 8.00. The molecular weight excluding hydrogens is 286 g/mol. The molecule has 6 heteroatoms. The fraction of sp³-hybridized carbons (Fsp3) is 0.333. The third kappa shape index (κ3) is 4.15. The van der Waals surface area contributed by atoms with Gasteiger partial charge in [0.25, 0.3) is 0 Å². The van der Waals surface area contributed by atoms with Crippen molar-refractivity contribution in [3.63, 3.8) is 0 Å². The molecule has 0 atom stereocenters. The van der Waals surface area contributed by atoms with Gasteiger partial charge in [-0.2, -0.15) is 0 Å². The highest BCUT2D eigenvalue weighted by Crippen LogP contribution is 2.28. The van der Waals surface area contributed by atoms with Crippen molar-refractivity contribution in [1.82, 2.24) is 10.2 Å². The molecule has 0 amide bonds. The Balaban J connectivity index is 1.88. The first-order valence-electron chi connectivity index (χ1n) is 5.72. The third-order valence-electron chi connectivity index (χ3n) is 2.18. The predicted octanol–water partition coefficient (Wildman–Crippen LogP) is 4.31. The highest BCUT2D eigenvalue weighted by Gasteiger charge is 2.04. The van der Waals surface area contributed by atoms with Gasteiger partial charge in [0, 0.05) is 17.3 Å². The van der Waals surface area contributed by atoms with E-state index < -0.39 is 0 Å². The molecule has 2 aromatic rings. The van der Waals surface area contributed by atoms with Gasteiger partial charge in [0.1, 0.15) is 0 Å². The molecule has 0 aliphatic rings. The lowest BCUT2D eigenvalue weighted by Crippen LogP contribution is -1.98. The number of hydrogen-bond acceptors (Lipinski definition) is 5. The number of benzene rings is 1. The van der Waals surface area contributed by atoms with E-state index in [2.05, 4.69) is 28.5 Å². The maximum atomic E-state index is 5.94. The fourth-order valence-electron chi connectivity index (χ4n) is 1.34. The van der Waals surface area contributed by atoms with E-state index in [1.54, 1.807) is 23.1 Å². The molecule has 96 valence electrons. The molecule has 0 saturated heterocycles. The Morgan fingerprint density at radius 3 is 3.06 bits per heavy atom. The molecule has 18 heavy (non-hydrogen) atoms. The zero-order chi connectivity index (χ0) is 12.8. The maximum Gasteiger partial charge on any atom is 0.206 e. The molecule has 2 rings (SSSR count). The Bertz CT molecular complexity index is 502. The molecule has 1 aromatic heterocycles. The summed E-state index contributed by atoms with van der Waals surface area (Å²) in [6.07, 6.45) is 1.09. The van der Waals surface area contributed by atoms with E-state index in [0.717, 1.165) is 33.2 Å². The van der Waals surface area contributed by atoms with Gasteiger partial charge in [-0.3, -0.25) is 0 Å². The van der Waals surface area contributed by atoms with Gasteiger partial charge in [-0.15, -0.1) is 10.2 Å². The lowest BCUT2D eigenvalue weighted by Gasteiger charge is -1.99. The summed E-state index contributed by atoms with van der Waals surface area (Å²) in [6.45, 7) is 3.07. The van der Waals surface area contributed by atoms with Gasteiger partial charge >= 0.3 is 0 Å². The molecule has 0 radical (unpaired) electrons. The van der Waals surface area contributed by atoms with Gasteiger partial charge < -0.3 is 5.32 Å². The largest absolute Gasteiger partial charge is 0.360 e. The van der Waals surface area contributed by atoms with Gasteiger partial charge in [0.05, 0.1) is 0 Å². The lowest BCUT2D eigenvalue weighted by molar-refractivity contribution is 0.951. The van der Waals surface area contributed by atoms with Crippen molar-refractivity contribution < 1.29 is 0 Å². The SMILES string of the molecule is CCCNc1nnc(SCc2cccc(Cl)c2)s1. The van der Waals surface area contributed by atoms with Crippen LogP contribution in [-0.4, -0.2) is 16.7 Å². The van der Waals surface area contributed by atoms with Crippen LogP contribution in [0.4, 0.5) is 5.13 Å². The quantitative estimate of drug-likeness (QED) is 0.807. The summed E-state index contributed by atoms with van der Waals surface area (Å²) in [4.78, 5) is 0. The van der Waals surface area contributed by atoms with E-state index >= 15 is 0 Å². The Labute approximate surface area is 120 Å². The molecule has 1 heterocycles. The summed E-state index contributed by atoms with van der Waals surface area (Å²) in [6, 6.07) is 7.89. The summed E-state index contributed by atoms with van der Waals surface area (Å²) in [5.74, 6) is 0.864. The molecular formula is C12H14ClN3S2. The first kappa shape index (κ1) is 13.6. The van der Waals surface area contributed by atoms with Crippen LogP contribution in [0.5, 0.6) is 0 Å². The summed E-state index contributed by atoms with van der Waals surface area (Å²) in [5, 5.41) is 13.1. The van der Waals surface area contributed by atoms with Crippen molar-refractivity contribution in [2.24, 2.45) is 0 Å². The van der Waals surface area contributed by atoms with Crippen LogP contribution in [0.15, 0.2) is 28.6 Å². The number of rotatable bonds is 6. The second-order valence-electron chi connectivity index (χ2n) is 3.72. The number of hydrogen-bond donors (Lipinski definition) is 1. The molecule has 3 nitrogen and oxygen atoms in total. The minimum absolute atomic E-state index is 0.774. The van der Waals surface area contributed by atoms with E-state index in [1.165, 1.54) is 5.56 Å². The lowest BCUT2D eigenvalue weighted by atomic mass is 10.2. The van der Waals surface area contributed by atoms with Crippen LogP contribution in [-0.2, 0) is 5.75 Å². The van der Waals surface area contributed by atoms with Gasteiger partial charge in [-0.25, -0.2) is 0 Å². The van der Waals surface area contributed by atoms with Crippen LogP contribution < -0.4 is 5.32 Å². The zero-order valence-electron chi connectivity index (χ0n) is 10.0. The van der Waals surface area contributed by atoms with E-state index in [9.17, 15) is 0 Å². The Hall–Kier alpha value is -0.780. The monoisotopic (exact) mass is 299 g/mol. The maximum absolute atomic E-state index is 5.94. The van der Waals surface area contributed by atoms with Crippen molar-refractivity contribution in [3.05, 3.63) is 34.9 Å². The van der Waals surface area contributed by atoms with E-state index in [1.807, 2.05) is 18.2 Å². The molecule has 0 aliphatic carbocycles. The molecule has 1 N–H and O–H groups in total. The summed E-state index contributed by atoms with van der Waals surface area (Å²) >= 11 is 9.22. The van der Waals surface area contributed by atoms with Crippen LogP contribution >= 0.6 is 34.7 Å². The molecule has 0 aliphatic heterocycles. The summed E-state index contributed by atoms with van der Waals surface area (Å²) < 4.78 is 0.980. The smallest absolute Gasteiger partial charge is 0.206 e. The molecule has 0 fully saturated rings.